The second-order valence-electron chi connectivity index (χ2n) is 7.17. The number of para-hydroxylation sites is 2. The lowest BCUT2D eigenvalue weighted by atomic mass is 10.0. The molecule has 158 valence electrons. The Balaban J connectivity index is 1.50. The quantitative estimate of drug-likeness (QED) is 0.614. The number of ether oxygens (including phenoxy) is 2. The summed E-state index contributed by atoms with van der Waals surface area (Å²) in [6.07, 6.45) is 2.52. The SMILES string of the molecule is CCOC(=O)c1ccccc1NC(=O)COC(=O)c1c2c(nc3ccccc13)CCC2. The summed E-state index contributed by atoms with van der Waals surface area (Å²) in [6, 6.07) is 14.0. The van der Waals surface area contributed by atoms with Crippen molar-refractivity contribution in [3.05, 3.63) is 70.9 Å². The lowest BCUT2D eigenvalue weighted by Crippen LogP contribution is -2.23. The molecule has 0 unspecified atom stereocenters. The van der Waals surface area contributed by atoms with E-state index < -0.39 is 24.5 Å². The van der Waals surface area contributed by atoms with Crippen molar-refractivity contribution in [3.8, 4) is 0 Å². The number of fused-ring (bicyclic) bond motifs is 2. The molecule has 0 saturated heterocycles. The van der Waals surface area contributed by atoms with Crippen LogP contribution in [-0.4, -0.2) is 36.0 Å². The molecular weight excluding hydrogens is 396 g/mol. The molecule has 0 bridgehead atoms. The van der Waals surface area contributed by atoms with Crippen molar-refractivity contribution in [1.82, 2.24) is 4.98 Å². The van der Waals surface area contributed by atoms with Crippen molar-refractivity contribution in [2.45, 2.75) is 26.2 Å². The molecule has 1 heterocycles. The third kappa shape index (κ3) is 4.26. The van der Waals surface area contributed by atoms with Crippen molar-refractivity contribution in [1.29, 1.82) is 0 Å². The van der Waals surface area contributed by atoms with Crippen molar-refractivity contribution in [3.63, 3.8) is 0 Å². The van der Waals surface area contributed by atoms with Gasteiger partial charge in [0.1, 0.15) is 0 Å². The van der Waals surface area contributed by atoms with Crippen LogP contribution < -0.4 is 5.32 Å². The van der Waals surface area contributed by atoms with Crippen molar-refractivity contribution >= 4 is 34.4 Å². The summed E-state index contributed by atoms with van der Waals surface area (Å²) in [7, 11) is 0. The summed E-state index contributed by atoms with van der Waals surface area (Å²) in [4.78, 5) is 42.1. The maximum absolute atomic E-state index is 12.9. The Morgan fingerprint density at radius 2 is 1.74 bits per heavy atom. The van der Waals surface area contributed by atoms with Gasteiger partial charge in [0, 0.05) is 11.1 Å². The van der Waals surface area contributed by atoms with Gasteiger partial charge in [-0.2, -0.15) is 0 Å². The van der Waals surface area contributed by atoms with E-state index >= 15 is 0 Å². The second kappa shape index (κ2) is 8.95. The molecule has 0 atom stereocenters. The summed E-state index contributed by atoms with van der Waals surface area (Å²) in [5.41, 5.74) is 3.58. The van der Waals surface area contributed by atoms with Crippen LogP contribution in [0.3, 0.4) is 0 Å². The molecule has 0 saturated carbocycles. The third-order valence-electron chi connectivity index (χ3n) is 5.15. The molecule has 7 heteroatoms. The van der Waals surface area contributed by atoms with Gasteiger partial charge >= 0.3 is 11.9 Å². The van der Waals surface area contributed by atoms with Gasteiger partial charge in [-0.1, -0.05) is 30.3 Å². The molecule has 7 nitrogen and oxygen atoms in total. The number of hydrogen-bond acceptors (Lipinski definition) is 6. The molecule has 2 aromatic carbocycles. The summed E-state index contributed by atoms with van der Waals surface area (Å²) >= 11 is 0. The first-order valence-electron chi connectivity index (χ1n) is 10.2. The van der Waals surface area contributed by atoms with Crippen LogP contribution in [-0.2, 0) is 27.1 Å². The number of carbonyl (C=O) groups is 3. The topological polar surface area (TPSA) is 94.6 Å². The average Bonchev–Trinajstić information content (AvgIpc) is 3.24. The molecule has 1 aliphatic rings. The molecule has 1 amide bonds. The molecule has 31 heavy (non-hydrogen) atoms. The van der Waals surface area contributed by atoms with Crippen LogP contribution in [0.1, 0.15) is 45.3 Å². The first kappa shape index (κ1) is 20.5. The first-order chi connectivity index (χ1) is 15.1. The molecule has 1 aromatic heterocycles. The smallest absolute Gasteiger partial charge is 0.340 e. The van der Waals surface area contributed by atoms with Crippen molar-refractivity contribution in [2.75, 3.05) is 18.5 Å². The van der Waals surface area contributed by atoms with Gasteiger partial charge < -0.3 is 14.8 Å². The maximum atomic E-state index is 12.9. The van der Waals surface area contributed by atoms with E-state index in [2.05, 4.69) is 10.3 Å². The minimum absolute atomic E-state index is 0.225. The third-order valence-corrected chi connectivity index (χ3v) is 5.15. The Morgan fingerprint density at radius 1 is 0.968 bits per heavy atom. The number of benzene rings is 2. The maximum Gasteiger partial charge on any atom is 0.340 e. The summed E-state index contributed by atoms with van der Waals surface area (Å²) in [6.45, 7) is 1.46. The number of nitrogens with zero attached hydrogens (tertiary/aromatic N) is 1. The van der Waals surface area contributed by atoms with E-state index in [1.54, 1.807) is 31.2 Å². The standard InChI is InChI=1S/C24H22N2O5/c1-2-30-23(28)17-9-4-6-12-20(17)26-21(27)14-31-24(29)22-15-8-3-5-11-18(15)25-19-13-7-10-16(19)22/h3-6,8-9,11-12H,2,7,10,13-14H2,1H3,(H,26,27). The summed E-state index contributed by atoms with van der Waals surface area (Å²) in [5.74, 6) is -1.63. The van der Waals surface area contributed by atoms with Gasteiger partial charge in [-0.3, -0.25) is 9.78 Å². The van der Waals surface area contributed by atoms with E-state index in [1.165, 1.54) is 0 Å². The normalized spacial score (nSPS) is 12.3. The van der Waals surface area contributed by atoms with E-state index in [0.717, 1.165) is 41.4 Å². The number of pyridine rings is 1. The van der Waals surface area contributed by atoms with Crippen LogP contribution in [0.5, 0.6) is 0 Å². The highest BCUT2D eigenvalue weighted by Crippen LogP contribution is 2.30. The number of rotatable bonds is 6. The van der Waals surface area contributed by atoms with E-state index in [0.29, 0.717) is 11.3 Å². The Labute approximate surface area is 179 Å². The fourth-order valence-corrected chi connectivity index (χ4v) is 3.81. The zero-order valence-corrected chi connectivity index (χ0v) is 17.1. The molecule has 0 fully saturated rings. The minimum atomic E-state index is -0.550. The highest BCUT2D eigenvalue weighted by molar-refractivity contribution is 6.06. The van der Waals surface area contributed by atoms with Crippen LogP contribution in [0, 0.1) is 0 Å². The van der Waals surface area contributed by atoms with Gasteiger partial charge in [0.2, 0.25) is 0 Å². The van der Waals surface area contributed by atoms with E-state index in [9.17, 15) is 14.4 Å². The van der Waals surface area contributed by atoms with Crippen LogP contribution in [0.25, 0.3) is 10.9 Å². The van der Waals surface area contributed by atoms with Gasteiger partial charge in [0.15, 0.2) is 6.61 Å². The molecule has 1 N–H and O–H groups in total. The number of aromatic nitrogens is 1. The van der Waals surface area contributed by atoms with Crippen molar-refractivity contribution < 1.29 is 23.9 Å². The van der Waals surface area contributed by atoms with Crippen molar-refractivity contribution in [2.24, 2.45) is 0 Å². The first-order valence-corrected chi connectivity index (χ1v) is 10.2. The molecule has 0 spiro atoms. The molecular formula is C24H22N2O5. The Kier molecular flexibility index (Phi) is 5.93. The zero-order chi connectivity index (χ0) is 21.8. The Bertz CT molecular complexity index is 1170. The highest BCUT2D eigenvalue weighted by Gasteiger charge is 2.25. The van der Waals surface area contributed by atoms with Gasteiger partial charge in [0.05, 0.1) is 28.9 Å². The van der Waals surface area contributed by atoms with E-state index in [4.69, 9.17) is 9.47 Å². The number of anilines is 1. The van der Waals surface area contributed by atoms with Gasteiger partial charge in [0.25, 0.3) is 5.91 Å². The molecule has 1 aliphatic carbocycles. The number of carbonyl (C=O) groups excluding carboxylic acids is 3. The highest BCUT2D eigenvalue weighted by atomic mass is 16.5. The number of hydrogen-bond donors (Lipinski definition) is 1. The predicted octanol–water partition coefficient (Wildman–Crippen LogP) is 3.70. The number of esters is 2. The number of aryl methyl sites for hydroxylation is 1. The van der Waals surface area contributed by atoms with E-state index in [1.807, 2.05) is 24.3 Å². The number of amides is 1. The van der Waals surface area contributed by atoms with Crippen LogP contribution in [0.15, 0.2) is 48.5 Å². The molecule has 4 rings (SSSR count). The van der Waals surface area contributed by atoms with Gasteiger partial charge in [-0.05, 0) is 49.9 Å². The van der Waals surface area contributed by atoms with E-state index in [-0.39, 0.29) is 12.2 Å². The monoisotopic (exact) mass is 418 g/mol. The summed E-state index contributed by atoms with van der Waals surface area (Å²) < 4.78 is 10.4. The second-order valence-corrected chi connectivity index (χ2v) is 7.17. The Hall–Kier alpha value is -3.74. The molecule has 3 aromatic rings. The summed E-state index contributed by atoms with van der Waals surface area (Å²) in [5, 5.41) is 3.34. The zero-order valence-electron chi connectivity index (χ0n) is 17.1. The molecule has 0 aliphatic heterocycles. The fourth-order valence-electron chi connectivity index (χ4n) is 3.81. The lowest BCUT2D eigenvalue weighted by Gasteiger charge is -2.13. The largest absolute Gasteiger partial charge is 0.462 e. The predicted molar refractivity (Wildman–Crippen MR) is 115 cm³/mol. The lowest BCUT2D eigenvalue weighted by molar-refractivity contribution is -0.119. The fraction of sp³-hybridized carbons (Fsp3) is 0.250. The van der Waals surface area contributed by atoms with Crippen LogP contribution in [0.4, 0.5) is 5.69 Å². The van der Waals surface area contributed by atoms with Crippen LogP contribution in [0.2, 0.25) is 0 Å². The average molecular weight is 418 g/mol. The van der Waals surface area contributed by atoms with Gasteiger partial charge in [-0.25, -0.2) is 9.59 Å². The van der Waals surface area contributed by atoms with Crippen LogP contribution >= 0.6 is 0 Å². The van der Waals surface area contributed by atoms with Gasteiger partial charge in [-0.15, -0.1) is 0 Å². The molecule has 0 radical (unpaired) electrons. The minimum Gasteiger partial charge on any atom is -0.462 e. The number of nitrogens with one attached hydrogen (secondary N) is 1. The Morgan fingerprint density at radius 3 is 2.58 bits per heavy atom.